The van der Waals surface area contributed by atoms with E-state index < -0.39 is 0 Å². The van der Waals surface area contributed by atoms with Crippen molar-refractivity contribution in [2.75, 3.05) is 12.4 Å². The van der Waals surface area contributed by atoms with Crippen molar-refractivity contribution in [3.63, 3.8) is 0 Å². The van der Waals surface area contributed by atoms with Gasteiger partial charge in [0.15, 0.2) is 0 Å². The third-order valence-electron chi connectivity index (χ3n) is 2.93. The largest absolute Gasteiger partial charge is 0.380 e. The molecule has 0 heterocycles. The quantitative estimate of drug-likeness (QED) is 0.845. The Bertz CT molecular complexity index is 679. The summed E-state index contributed by atoms with van der Waals surface area (Å²) in [6.45, 7) is 0.384. The maximum absolute atomic E-state index is 13.2. The number of amides is 1. The van der Waals surface area contributed by atoms with Gasteiger partial charge in [0.25, 0.3) is 5.91 Å². The molecule has 3 nitrogen and oxygen atoms in total. The molecule has 0 spiro atoms. The van der Waals surface area contributed by atoms with Gasteiger partial charge in [0.05, 0.1) is 10.7 Å². The van der Waals surface area contributed by atoms with E-state index >= 15 is 0 Å². The van der Waals surface area contributed by atoms with Crippen LogP contribution in [-0.2, 0) is 6.54 Å². The van der Waals surface area contributed by atoms with Crippen molar-refractivity contribution >= 4 is 39.1 Å². The fourth-order valence-corrected chi connectivity index (χ4v) is 2.39. The Morgan fingerprint density at radius 2 is 2.05 bits per heavy atom. The Morgan fingerprint density at radius 3 is 2.76 bits per heavy atom. The highest BCUT2D eigenvalue weighted by molar-refractivity contribution is 9.10. The maximum atomic E-state index is 13.2. The van der Waals surface area contributed by atoms with Crippen LogP contribution in [0.3, 0.4) is 0 Å². The van der Waals surface area contributed by atoms with Crippen molar-refractivity contribution < 1.29 is 9.18 Å². The summed E-state index contributed by atoms with van der Waals surface area (Å²) in [6, 6.07) is 9.42. The smallest absolute Gasteiger partial charge is 0.251 e. The molecule has 21 heavy (non-hydrogen) atoms. The minimum atomic E-state index is -0.305. The van der Waals surface area contributed by atoms with Gasteiger partial charge in [-0.05, 0) is 42.0 Å². The Hall–Kier alpha value is -1.59. The van der Waals surface area contributed by atoms with Gasteiger partial charge in [0.2, 0.25) is 0 Å². The molecule has 110 valence electrons. The fourth-order valence-electron chi connectivity index (χ4n) is 1.82. The zero-order valence-corrected chi connectivity index (χ0v) is 13.6. The molecule has 1 amide bonds. The van der Waals surface area contributed by atoms with E-state index in [1.165, 1.54) is 12.1 Å². The van der Waals surface area contributed by atoms with Gasteiger partial charge in [-0.2, -0.15) is 0 Å². The summed E-state index contributed by atoms with van der Waals surface area (Å²) in [5.41, 5.74) is 1.88. The number of anilines is 1. The third-order valence-corrected chi connectivity index (χ3v) is 4.04. The molecule has 0 fully saturated rings. The van der Waals surface area contributed by atoms with Crippen molar-refractivity contribution in [2.45, 2.75) is 6.54 Å². The van der Waals surface area contributed by atoms with Gasteiger partial charge in [0.1, 0.15) is 5.82 Å². The lowest BCUT2D eigenvalue weighted by Crippen LogP contribution is -2.17. The van der Waals surface area contributed by atoms with Crippen LogP contribution in [0.15, 0.2) is 40.9 Å². The SMILES string of the molecule is CNC(=O)c1ccc(Cl)c(NCc2cc(F)ccc2Br)c1. The number of carbonyl (C=O) groups is 1. The number of hydrogen-bond donors (Lipinski definition) is 2. The van der Waals surface area contributed by atoms with E-state index in [0.717, 1.165) is 10.0 Å². The van der Waals surface area contributed by atoms with Crippen LogP contribution < -0.4 is 10.6 Å². The molecule has 0 aromatic heterocycles. The van der Waals surface area contributed by atoms with Crippen LogP contribution in [0.2, 0.25) is 5.02 Å². The highest BCUT2D eigenvalue weighted by Crippen LogP contribution is 2.25. The van der Waals surface area contributed by atoms with Crippen LogP contribution in [0.5, 0.6) is 0 Å². The van der Waals surface area contributed by atoms with Gasteiger partial charge in [-0.15, -0.1) is 0 Å². The van der Waals surface area contributed by atoms with E-state index in [0.29, 0.717) is 22.8 Å². The normalized spacial score (nSPS) is 10.3. The molecule has 0 saturated heterocycles. The van der Waals surface area contributed by atoms with Gasteiger partial charge >= 0.3 is 0 Å². The molecule has 0 aliphatic carbocycles. The second-order valence-corrected chi connectivity index (χ2v) is 5.62. The van der Waals surface area contributed by atoms with Crippen molar-refractivity contribution in [3.05, 3.63) is 62.8 Å². The molecule has 2 N–H and O–H groups in total. The van der Waals surface area contributed by atoms with E-state index in [2.05, 4.69) is 26.6 Å². The first-order chi connectivity index (χ1) is 10.0. The number of hydrogen-bond acceptors (Lipinski definition) is 2. The summed E-state index contributed by atoms with van der Waals surface area (Å²) >= 11 is 9.47. The first-order valence-corrected chi connectivity index (χ1v) is 7.38. The van der Waals surface area contributed by atoms with Gasteiger partial charge in [-0.3, -0.25) is 4.79 Å². The Morgan fingerprint density at radius 1 is 1.29 bits per heavy atom. The zero-order valence-electron chi connectivity index (χ0n) is 11.2. The standard InChI is InChI=1S/C15H13BrClFN2O/c1-19-15(21)9-2-5-13(17)14(7-9)20-8-10-6-11(18)3-4-12(10)16/h2-7,20H,8H2,1H3,(H,19,21). The zero-order chi connectivity index (χ0) is 15.4. The predicted molar refractivity (Wildman–Crippen MR) is 86.3 cm³/mol. The summed E-state index contributed by atoms with van der Waals surface area (Å²) in [6.07, 6.45) is 0. The minimum Gasteiger partial charge on any atom is -0.380 e. The first-order valence-electron chi connectivity index (χ1n) is 6.20. The highest BCUT2D eigenvalue weighted by Gasteiger charge is 2.08. The molecule has 2 aromatic carbocycles. The molecule has 0 atom stereocenters. The van der Waals surface area contributed by atoms with Crippen molar-refractivity contribution in [1.29, 1.82) is 0 Å². The Kier molecular flexibility index (Phi) is 5.20. The lowest BCUT2D eigenvalue weighted by Gasteiger charge is -2.11. The first kappa shape index (κ1) is 15.8. The molecule has 0 aliphatic heterocycles. The van der Waals surface area contributed by atoms with E-state index in [4.69, 9.17) is 11.6 Å². The monoisotopic (exact) mass is 370 g/mol. The summed E-state index contributed by atoms with van der Waals surface area (Å²) < 4.78 is 14.0. The van der Waals surface area contributed by atoms with E-state index in [1.54, 1.807) is 31.3 Å². The fraction of sp³-hybridized carbons (Fsp3) is 0.133. The van der Waals surface area contributed by atoms with Crippen LogP contribution in [0.25, 0.3) is 0 Å². The van der Waals surface area contributed by atoms with E-state index in [9.17, 15) is 9.18 Å². The van der Waals surface area contributed by atoms with Crippen LogP contribution >= 0.6 is 27.5 Å². The number of rotatable bonds is 4. The maximum Gasteiger partial charge on any atom is 0.251 e. The number of nitrogens with one attached hydrogen (secondary N) is 2. The highest BCUT2D eigenvalue weighted by atomic mass is 79.9. The molecular formula is C15H13BrClFN2O. The van der Waals surface area contributed by atoms with Gasteiger partial charge in [0, 0.05) is 23.6 Å². The average Bonchev–Trinajstić information content (AvgIpc) is 2.48. The number of benzene rings is 2. The molecule has 6 heteroatoms. The van der Waals surface area contributed by atoms with Crippen molar-refractivity contribution in [2.24, 2.45) is 0 Å². The molecular weight excluding hydrogens is 359 g/mol. The van der Waals surface area contributed by atoms with Crippen molar-refractivity contribution in [1.82, 2.24) is 5.32 Å². The summed E-state index contributed by atoms with van der Waals surface area (Å²) in [7, 11) is 1.56. The third kappa shape index (κ3) is 3.95. The van der Waals surface area contributed by atoms with Gasteiger partial charge in [-0.1, -0.05) is 27.5 Å². The topological polar surface area (TPSA) is 41.1 Å². The van der Waals surface area contributed by atoms with Crippen molar-refractivity contribution in [3.8, 4) is 0 Å². The van der Waals surface area contributed by atoms with Crippen LogP contribution in [0.1, 0.15) is 15.9 Å². The van der Waals surface area contributed by atoms with Crippen LogP contribution in [0, 0.1) is 5.82 Å². The summed E-state index contributed by atoms with van der Waals surface area (Å²) in [5, 5.41) is 6.15. The minimum absolute atomic E-state index is 0.193. The second kappa shape index (κ2) is 6.91. The predicted octanol–water partition coefficient (Wildman–Crippen LogP) is 4.21. The number of halogens is 3. The molecule has 0 aliphatic rings. The molecule has 0 bridgehead atoms. The molecule has 2 rings (SSSR count). The van der Waals surface area contributed by atoms with Crippen LogP contribution in [0.4, 0.5) is 10.1 Å². The molecule has 0 unspecified atom stereocenters. The second-order valence-electron chi connectivity index (χ2n) is 4.36. The number of carbonyl (C=O) groups excluding carboxylic acids is 1. The Labute approximate surface area is 135 Å². The molecule has 2 aromatic rings. The Balaban J connectivity index is 2.19. The lowest BCUT2D eigenvalue weighted by atomic mass is 10.1. The average molecular weight is 372 g/mol. The molecule has 0 saturated carbocycles. The summed E-state index contributed by atoms with van der Waals surface area (Å²) in [4.78, 5) is 11.6. The molecule has 0 radical (unpaired) electrons. The lowest BCUT2D eigenvalue weighted by molar-refractivity contribution is 0.0963. The van der Waals surface area contributed by atoms with E-state index in [-0.39, 0.29) is 11.7 Å². The summed E-state index contributed by atoms with van der Waals surface area (Å²) in [5.74, 6) is -0.498. The van der Waals surface area contributed by atoms with Gasteiger partial charge in [-0.25, -0.2) is 4.39 Å². The van der Waals surface area contributed by atoms with Gasteiger partial charge < -0.3 is 10.6 Å². The van der Waals surface area contributed by atoms with E-state index in [1.807, 2.05) is 0 Å². The van der Waals surface area contributed by atoms with Crippen LogP contribution in [-0.4, -0.2) is 13.0 Å².